The zero-order valence-corrected chi connectivity index (χ0v) is 16.7. The van der Waals surface area contributed by atoms with E-state index >= 15 is 0 Å². The van der Waals surface area contributed by atoms with Crippen LogP contribution in [0.2, 0.25) is 10.0 Å². The van der Waals surface area contributed by atoms with Crippen molar-refractivity contribution < 1.29 is 14.3 Å². The van der Waals surface area contributed by atoms with Gasteiger partial charge >= 0.3 is 6.03 Å². The van der Waals surface area contributed by atoms with Crippen LogP contribution in [0.5, 0.6) is 5.75 Å². The minimum atomic E-state index is -0.114. The summed E-state index contributed by atoms with van der Waals surface area (Å²) in [6, 6.07) is 3.44. The number of nitrogens with one attached hydrogen (secondary N) is 1. The molecule has 1 saturated carbocycles. The van der Waals surface area contributed by atoms with E-state index in [2.05, 4.69) is 15.3 Å². The highest BCUT2D eigenvalue weighted by Crippen LogP contribution is 2.40. The third-order valence-electron chi connectivity index (χ3n) is 4.60. The van der Waals surface area contributed by atoms with Crippen LogP contribution in [0.15, 0.2) is 12.1 Å². The molecule has 2 heterocycles. The first-order chi connectivity index (χ1) is 13.5. The highest BCUT2D eigenvalue weighted by atomic mass is 35.5. The Kier molecular flexibility index (Phi) is 5.18. The molecule has 0 spiro atoms. The van der Waals surface area contributed by atoms with Crippen molar-refractivity contribution in [3.63, 3.8) is 0 Å². The quantitative estimate of drug-likeness (QED) is 0.715. The summed E-state index contributed by atoms with van der Waals surface area (Å²) in [5.74, 6) is 0.527. The zero-order valence-electron chi connectivity index (χ0n) is 15.2. The van der Waals surface area contributed by atoms with Gasteiger partial charge in [-0.3, -0.25) is 0 Å². The minimum absolute atomic E-state index is 0.0416. The second kappa shape index (κ2) is 7.62. The summed E-state index contributed by atoms with van der Waals surface area (Å²) in [7, 11) is 1.52. The summed E-state index contributed by atoms with van der Waals surface area (Å²) in [6.45, 7) is 0.780. The molecule has 8 nitrogen and oxygen atoms in total. The lowest BCUT2D eigenvalue weighted by molar-refractivity contribution is 0.0512. The molecular formula is C18H19Cl2N5O3. The average molecular weight is 424 g/mol. The molecule has 1 aliphatic heterocycles. The Morgan fingerprint density at radius 1 is 1.29 bits per heavy atom. The molecule has 2 amide bonds. The lowest BCUT2D eigenvalue weighted by Crippen LogP contribution is -2.37. The maximum atomic E-state index is 12.4. The number of aromatic nitrogens is 2. The number of hydrogen-bond acceptors (Lipinski definition) is 6. The number of nitrogens with zero attached hydrogens (tertiary/aromatic N) is 3. The maximum absolute atomic E-state index is 12.4. The van der Waals surface area contributed by atoms with Crippen molar-refractivity contribution in [2.75, 3.05) is 19.6 Å². The van der Waals surface area contributed by atoms with Gasteiger partial charge in [0.2, 0.25) is 5.95 Å². The summed E-state index contributed by atoms with van der Waals surface area (Å²) in [5.41, 5.74) is 8.60. The van der Waals surface area contributed by atoms with Crippen LogP contribution >= 0.6 is 23.2 Å². The number of nitrogen functional groups attached to an aromatic ring is 1. The number of hydrogen-bond donors (Lipinski definition) is 2. The molecule has 1 aromatic heterocycles. The van der Waals surface area contributed by atoms with Gasteiger partial charge < -0.3 is 25.4 Å². The number of nitrogens with two attached hydrogens (primary N) is 1. The summed E-state index contributed by atoms with van der Waals surface area (Å²) in [6.07, 6.45) is 2.05. The molecule has 0 bridgehead atoms. The summed E-state index contributed by atoms with van der Waals surface area (Å²) < 4.78 is 10.4. The van der Waals surface area contributed by atoms with Crippen LogP contribution < -0.4 is 15.8 Å². The number of anilines is 1. The van der Waals surface area contributed by atoms with Gasteiger partial charge in [0.25, 0.3) is 0 Å². The van der Waals surface area contributed by atoms with Crippen molar-refractivity contribution in [3.05, 3.63) is 33.4 Å². The third kappa shape index (κ3) is 3.80. The maximum Gasteiger partial charge on any atom is 0.318 e. The van der Waals surface area contributed by atoms with Gasteiger partial charge in [0.15, 0.2) is 6.79 Å². The largest absolute Gasteiger partial charge is 0.466 e. The topological polar surface area (TPSA) is 103 Å². The van der Waals surface area contributed by atoms with Crippen LogP contribution in [-0.2, 0) is 17.8 Å². The molecule has 0 unspecified atom stereocenters. The Morgan fingerprint density at radius 3 is 2.79 bits per heavy atom. The number of methoxy groups -OCH3 is 1. The van der Waals surface area contributed by atoms with E-state index in [1.165, 1.54) is 7.11 Å². The molecule has 2 aliphatic rings. The first kappa shape index (κ1) is 19.0. The third-order valence-corrected chi connectivity index (χ3v) is 5.21. The molecule has 2 aromatic rings. The van der Waals surface area contributed by atoms with Crippen LogP contribution in [0.3, 0.4) is 0 Å². The van der Waals surface area contributed by atoms with Crippen LogP contribution in [0.1, 0.15) is 24.1 Å². The van der Waals surface area contributed by atoms with Gasteiger partial charge in [0.1, 0.15) is 5.75 Å². The van der Waals surface area contributed by atoms with Gasteiger partial charge in [-0.1, -0.05) is 23.2 Å². The number of urea groups is 1. The van der Waals surface area contributed by atoms with Gasteiger partial charge in [-0.15, -0.1) is 0 Å². The Balaban J connectivity index is 1.69. The van der Waals surface area contributed by atoms with E-state index in [1.807, 2.05) is 0 Å². The highest BCUT2D eigenvalue weighted by Gasteiger charge is 2.32. The first-order valence-corrected chi connectivity index (χ1v) is 9.53. The van der Waals surface area contributed by atoms with Crippen LogP contribution in [-0.4, -0.2) is 40.8 Å². The molecule has 1 aromatic carbocycles. The van der Waals surface area contributed by atoms with Gasteiger partial charge in [-0.25, -0.2) is 14.8 Å². The fourth-order valence-electron chi connectivity index (χ4n) is 3.08. The van der Waals surface area contributed by atoms with Gasteiger partial charge in [0.05, 0.1) is 34.5 Å². The van der Waals surface area contributed by atoms with Gasteiger partial charge in [-0.2, -0.15) is 0 Å². The summed E-state index contributed by atoms with van der Waals surface area (Å²) >= 11 is 12.6. The number of rotatable bonds is 5. The molecule has 148 valence electrons. The predicted octanol–water partition coefficient (Wildman–Crippen LogP) is 3.20. The van der Waals surface area contributed by atoms with E-state index in [-0.39, 0.29) is 24.8 Å². The van der Waals surface area contributed by atoms with Crippen molar-refractivity contribution in [1.29, 1.82) is 0 Å². The number of ether oxygens (including phenoxy) is 2. The average Bonchev–Trinajstić information content (AvgIpc) is 3.36. The molecule has 10 heteroatoms. The van der Waals surface area contributed by atoms with E-state index < -0.39 is 0 Å². The van der Waals surface area contributed by atoms with Crippen LogP contribution in [0.25, 0.3) is 11.3 Å². The van der Waals surface area contributed by atoms with E-state index in [0.717, 1.165) is 18.4 Å². The fraction of sp³-hybridized carbons (Fsp3) is 0.389. The Bertz CT molecular complexity index is 936. The lowest BCUT2D eigenvalue weighted by atomic mass is 10.1. The number of amides is 2. The van der Waals surface area contributed by atoms with Gasteiger partial charge in [-0.05, 0) is 25.0 Å². The number of halogens is 2. The first-order valence-electron chi connectivity index (χ1n) is 8.78. The smallest absolute Gasteiger partial charge is 0.318 e. The summed E-state index contributed by atoms with van der Waals surface area (Å²) in [4.78, 5) is 22.8. The Hall–Kier alpha value is -2.29. The Morgan fingerprint density at radius 2 is 2.07 bits per heavy atom. The number of benzene rings is 1. The lowest BCUT2D eigenvalue weighted by Gasteiger charge is -2.16. The van der Waals surface area contributed by atoms with Crippen molar-refractivity contribution in [2.45, 2.75) is 32.0 Å². The van der Waals surface area contributed by atoms with E-state index in [0.29, 0.717) is 45.8 Å². The monoisotopic (exact) mass is 423 g/mol. The minimum Gasteiger partial charge on any atom is -0.466 e. The molecule has 3 N–H and O–H groups in total. The molecular weight excluding hydrogens is 405 g/mol. The second-order valence-electron chi connectivity index (χ2n) is 6.75. The van der Waals surface area contributed by atoms with Crippen molar-refractivity contribution >= 4 is 35.2 Å². The molecule has 1 aliphatic carbocycles. The Labute approximate surface area is 171 Å². The second-order valence-corrected chi connectivity index (χ2v) is 7.56. The molecule has 0 atom stereocenters. The number of fused-ring (bicyclic) bond motifs is 1. The van der Waals surface area contributed by atoms with Crippen molar-refractivity contribution in [1.82, 2.24) is 20.2 Å². The standard InChI is InChI=1S/C18H19Cl2N5O3/c1-27-8-28-15-4-10(12(19)5-13(15)20)16-11-6-25(18(26)22-9-2-3-9)7-14(11)23-17(21)24-16/h4-5,9H,2-3,6-8H2,1H3,(H,22,26)(H2,21,23,24). The van der Waals surface area contributed by atoms with E-state index in [1.54, 1.807) is 17.0 Å². The van der Waals surface area contributed by atoms with Gasteiger partial charge in [0, 0.05) is 24.3 Å². The molecule has 28 heavy (non-hydrogen) atoms. The van der Waals surface area contributed by atoms with E-state index in [4.69, 9.17) is 38.4 Å². The van der Waals surface area contributed by atoms with Crippen LogP contribution in [0, 0.1) is 0 Å². The van der Waals surface area contributed by atoms with E-state index in [9.17, 15) is 4.79 Å². The SMILES string of the molecule is COCOc1cc(-c2nc(N)nc3c2CN(C(=O)NC2CC2)C3)c(Cl)cc1Cl. The highest BCUT2D eigenvalue weighted by molar-refractivity contribution is 6.37. The predicted molar refractivity (Wildman–Crippen MR) is 105 cm³/mol. The zero-order chi connectivity index (χ0) is 19.8. The van der Waals surface area contributed by atoms with Crippen molar-refractivity contribution in [3.8, 4) is 17.0 Å². The fourth-order valence-corrected chi connectivity index (χ4v) is 3.60. The molecule has 1 fully saturated rings. The summed E-state index contributed by atoms with van der Waals surface area (Å²) in [5, 5.41) is 3.74. The number of carbonyl (C=O) groups excluding carboxylic acids is 1. The van der Waals surface area contributed by atoms with Crippen LogP contribution in [0.4, 0.5) is 10.7 Å². The number of carbonyl (C=O) groups is 1. The molecule has 4 rings (SSSR count). The molecule has 0 saturated heterocycles. The van der Waals surface area contributed by atoms with Crippen molar-refractivity contribution in [2.24, 2.45) is 0 Å². The normalized spacial score (nSPS) is 15.5. The molecule has 0 radical (unpaired) electrons.